The Bertz CT molecular complexity index is 349. The molecule has 0 radical (unpaired) electrons. The summed E-state index contributed by atoms with van der Waals surface area (Å²) in [7, 11) is 2.06. The summed E-state index contributed by atoms with van der Waals surface area (Å²) in [5, 5.41) is 0. The molecule has 4 nitrogen and oxygen atoms in total. The molecule has 1 saturated heterocycles. The molecule has 116 valence electrons. The number of guanidine groups is 1. The highest BCUT2D eigenvalue weighted by molar-refractivity contribution is 5.78. The minimum absolute atomic E-state index is 0.0952. The molecule has 2 fully saturated rings. The summed E-state index contributed by atoms with van der Waals surface area (Å²) in [5.41, 5.74) is 6.20. The predicted octanol–water partition coefficient (Wildman–Crippen LogP) is 2.15. The average Bonchev–Trinajstić information content (AvgIpc) is 3.18. The highest BCUT2D eigenvalue weighted by Gasteiger charge is 2.33. The first-order valence-corrected chi connectivity index (χ1v) is 8.07. The number of nitrogens with two attached hydrogens (primary N) is 1. The second kappa shape index (κ2) is 5.92. The van der Waals surface area contributed by atoms with Crippen molar-refractivity contribution in [2.75, 3.05) is 26.7 Å². The van der Waals surface area contributed by atoms with Crippen LogP contribution in [0.25, 0.3) is 0 Å². The average molecular weight is 280 g/mol. The summed E-state index contributed by atoms with van der Waals surface area (Å²) < 4.78 is 0. The molecule has 1 saturated carbocycles. The van der Waals surface area contributed by atoms with E-state index in [-0.39, 0.29) is 5.54 Å². The number of aliphatic imine (C=N–C) groups is 1. The number of rotatable bonds is 4. The summed E-state index contributed by atoms with van der Waals surface area (Å²) >= 11 is 0. The minimum atomic E-state index is 0.0952. The first-order chi connectivity index (χ1) is 9.29. The van der Waals surface area contributed by atoms with Crippen LogP contribution in [0.2, 0.25) is 0 Å². The molecule has 2 atom stereocenters. The van der Waals surface area contributed by atoms with Gasteiger partial charge in [-0.1, -0.05) is 13.8 Å². The maximum absolute atomic E-state index is 6.11. The van der Waals surface area contributed by atoms with Crippen molar-refractivity contribution in [2.24, 2.45) is 22.6 Å². The molecule has 1 aliphatic heterocycles. The van der Waals surface area contributed by atoms with E-state index in [1.165, 1.54) is 32.4 Å². The SMILES string of the molecule is CC1CC(C)CN(C(C)(C)CN=C(N)N(C)C2CC2)C1. The van der Waals surface area contributed by atoms with Gasteiger partial charge in [-0.05, 0) is 44.9 Å². The van der Waals surface area contributed by atoms with E-state index in [9.17, 15) is 0 Å². The minimum Gasteiger partial charge on any atom is -0.370 e. The van der Waals surface area contributed by atoms with Gasteiger partial charge < -0.3 is 10.6 Å². The van der Waals surface area contributed by atoms with Gasteiger partial charge in [0.15, 0.2) is 5.96 Å². The maximum Gasteiger partial charge on any atom is 0.191 e. The largest absolute Gasteiger partial charge is 0.370 e. The van der Waals surface area contributed by atoms with Gasteiger partial charge in [-0.15, -0.1) is 0 Å². The fraction of sp³-hybridized carbons (Fsp3) is 0.938. The zero-order valence-corrected chi connectivity index (χ0v) is 13.9. The van der Waals surface area contributed by atoms with Crippen molar-refractivity contribution in [3.8, 4) is 0 Å². The zero-order valence-electron chi connectivity index (χ0n) is 13.9. The molecule has 0 amide bonds. The summed E-state index contributed by atoms with van der Waals surface area (Å²) in [6, 6.07) is 0.636. The predicted molar refractivity (Wildman–Crippen MR) is 85.9 cm³/mol. The Balaban J connectivity index is 1.93. The molecule has 0 aromatic heterocycles. The van der Waals surface area contributed by atoms with Crippen molar-refractivity contribution in [3.63, 3.8) is 0 Å². The molecule has 0 aromatic rings. The van der Waals surface area contributed by atoms with Crippen molar-refractivity contribution in [1.82, 2.24) is 9.80 Å². The number of hydrogen-bond acceptors (Lipinski definition) is 2. The van der Waals surface area contributed by atoms with E-state index in [0.717, 1.165) is 18.4 Å². The summed E-state index contributed by atoms with van der Waals surface area (Å²) in [5.74, 6) is 2.28. The summed E-state index contributed by atoms with van der Waals surface area (Å²) in [4.78, 5) is 9.39. The van der Waals surface area contributed by atoms with Crippen LogP contribution in [-0.2, 0) is 0 Å². The van der Waals surface area contributed by atoms with Gasteiger partial charge in [-0.2, -0.15) is 0 Å². The van der Waals surface area contributed by atoms with Crippen molar-refractivity contribution in [2.45, 2.75) is 58.5 Å². The van der Waals surface area contributed by atoms with Crippen molar-refractivity contribution in [1.29, 1.82) is 0 Å². The number of piperidine rings is 1. The van der Waals surface area contributed by atoms with Crippen LogP contribution in [0.4, 0.5) is 0 Å². The van der Waals surface area contributed by atoms with Gasteiger partial charge in [0.1, 0.15) is 0 Å². The van der Waals surface area contributed by atoms with E-state index in [1.54, 1.807) is 0 Å². The fourth-order valence-electron chi connectivity index (χ4n) is 3.29. The van der Waals surface area contributed by atoms with E-state index in [4.69, 9.17) is 5.73 Å². The molecule has 2 N–H and O–H groups in total. The number of hydrogen-bond donors (Lipinski definition) is 1. The molecular weight excluding hydrogens is 248 g/mol. The summed E-state index contributed by atoms with van der Waals surface area (Å²) in [6.07, 6.45) is 3.87. The molecule has 2 rings (SSSR count). The first kappa shape index (κ1) is 15.6. The molecule has 1 aliphatic carbocycles. The van der Waals surface area contributed by atoms with Crippen molar-refractivity contribution >= 4 is 5.96 Å². The van der Waals surface area contributed by atoms with Gasteiger partial charge in [-0.25, -0.2) is 0 Å². The van der Waals surface area contributed by atoms with Gasteiger partial charge in [0.2, 0.25) is 0 Å². The smallest absolute Gasteiger partial charge is 0.191 e. The third kappa shape index (κ3) is 3.87. The van der Waals surface area contributed by atoms with Gasteiger partial charge >= 0.3 is 0 Å². The molecule has 2 aliphatic rings. The van der Waals surface area contributed by atoms with E-state index in [2.05, 4.69) is 49.5 Å². The maximum atomic E-state index is 6.11. The lowest BCUT2D eigenvalue weighted by Crippen LogP contribution is -2.53. The van der Waals surface area contributed by atoms with E-state index in [1.807, 2.05) is 0 Å². The molecule has 0 aromatic carbocycles. The quantitative estimate of drug-likeness (QED) is 0.634. The van der Waals surface area contributed by atoms with Gasteiger partial charge in [0.25, 0.3) is 0 Å². The molecule has 4 heteroatoms. The fourth-order valence-corrected chi connectivity index (χ4v) is 3.29. The lowest BCUT2D eigenvalue weighted by Gasteiger charge is -2.44. The Morgan fingerprint density at radius 3 is 2.30 bits per heavy atom. The third-order valence-electron chi connectivity index (χ3n) is 4.81. The number of likely N-dealkylation sites (tertiary alicyclic amines) is 1. The lowest BCUT2D eigenvalue weighted by molar-refractivity contribution is 0.0512. The molecule has 0 spiro atoms. The highest BCUT2D eigenvalue weighted by atomic mass is 15.3. The second-order valence-electron chi connectivity index (χ2n) is 7.68. The molecule has 20 heavy (non-hydrogen) atoms. The van der Waals surface area contributed by atoms with Crippen LogP contribution in [0.15, 0.2) is 4.99 Å². The standard InChI is InChI=1S/C16H32N4/c1-12-8-13(2)10-20(9-12)16(3,4)11-18-15(17)19(5)14-6-7-14/h12-14H,6-11H2,1-5H3,(H2,17,18). The van der Waals surface area contributed by atoms with Crippen LogP contribution in [0.3, 0.4) is 0 Å². The first-order valence-electron chi connectivity index (χ1n) is 8.07. The van der Waals surface area contributed by atoms with Gasteiger partial charge in [-0.3, -0.25) is 9.89 Å². The van der Waals surface area contributed by atoms with Crippen LogP contribution in [0.1, 0.15) is 47.0 Å². The molecule has 2 unspecified atom stereocenters. The Kier molecular flexibility index (Phi) is 4.62. The van der Waals surface area contributed by atoms with Crippen LogP contribution >= 0.6 is 0 Å². The van der Waals surface area contributed by atoms with Crippen LogP contribution < -0.4 is 5.73 Å². The Morgan fingerprint density at radius 1 is 1.25 bits per heavy atom. The Hall–Kier alpha value is -0.770. The molecule has 0 bridgehead atoms. The highest BCUT2D eigenvalue weighted by Crippen LogP contribution is 2.28. The zero-order chi connectivity index (χ0) is 14.9. The third-order valence-corrected chi connectivity index (χ3v) is 4.81. The topological polar surface area (TPSA) is 44.9 Å². The van der Waals surface area contributed by atoms with E-state index < -0.39 is 0 Å². The Labute approximate surface area is 124 Å². The van der Waals surface area contributed by atoms with Gasteiger partial charge in [0.05, 0.1) is 6.54 Å². The molecular formula is C16H32N4. The van der Waals surface area contributed by atoms with Crippen molar-refractivity contribution < 1.29 is 0 Å². The normalized spacial score (nSPS) is 29.6. The van der Waals surface area contributed by atoms with Crippen LogP contribution in [-0.4, -0.2) is 54.0 Å². The van der Waals surface area contributed by atoms with Crippen LogP contribution in [0, 0.1) is 11.8 Å². The second-order valence-corrected chi connectivity index (χ2v) is 7.68. The van der Waals surface area contributed by atoms with Crippen molar-refractivity contribution in [3.05, 3.63) is 0 Å². The summed E-state index contributed by atoms with van der Waals surface area (Å²) in [6.45, 7) is 12.5. The van der Waals surface area contributed by atoms with Crippen LogP contribution in [0.5, 0.6) is 0 Å². The molecule has 1 heterocycles. The monoisotopic (exact) mass is 280 g/mol. The van der Waals surface area contributed by atoms with E-state index >= 15 is 0 Å². The lowest BCUT2D eigenvalue weighted by atomic mass is 9.88. The van der Waals surface area contributed by atoms with Gasteiger partial charge in [0, 0.05) is 31.7 Å². The Morgan fingerprint density at radius 2 is 1.80 bits per heavy atom. The number of nitrogens with zero attached hydrogens (tertiary/aromatic N) is 3. The van der Waals surface area contributed by atoms with E-state index in [0.29, 0.717) is 12.0 Å².